The highest BCUT2D eigenvalue weighted by Gasteiger charge is 2.36. The molecule has 0 saturated carbocycles. The minimum absolute atomic E-state index is 0.177. The molecular formula is C22H29ClN2O3S. The third-order valence-electron chi connectivity index (χ3n) is 5.22. The third-order valence-corrected chi connectivity index (χ3v) is 6.80. The van der Waals surface area contributed by atoms with Gasteiger partial charge in [-0.15, -0.1) is 11.3 Å². The highest BCUT2D eigenvalue weighted by Crippen LogP contribution is 2.37. The molecule has 1 amide bonds. The molecule has 158 valence electrons. The Hall–Kier alpha value is -1.63. The molecule has 2 heterocycles. The summed E-state index contributed by atoms with van der Waals surface area (Å²) in [6.45, 7) is 7.72. The molecule has 29 heavy (non-hydrogen) atoms. The molecule has 1 N–H and O–H groups in total. The predicted octanol–water partition coefficient (Wildman–Crippen LogP) is 4.93. The number of ether oxygens (including phenoxy) is 1. The van der Waals surface area contributed by atoms with Crippen LogP contribution in [0.15, 0.2) is 24.3 Å². The van der Waals surface area contributed by atoms with E-state index in [2.05, 4.69) is 18.8 Å². The van der Waals surface area contributed by atoms with E-state index in [-0.39, 0.29) is 5.91 Å². The number of rotatable bonds is 6. The van der Waals surface area contributed by atoms with Crippen molar-refractivity contribution in [1.29, 1.82) is 0 Å². The molecule has 0 bridgehead atoms. The van der Waals surface area contributed by atoms with Gasteiger partial charge in [0.1, 0.15) is 23.0 Å². The van der Waals surface area contributed by atoms with E-state index >= 15 is 0 Å². The summed E-state index contributed by atoms with van der Waals surface area (Å²) in [6.07, 6.45) is 2.46. The number of thiazole rings is 1. The third kappa shape index (κ3) is 5.71. The summed E-state index contributed by atoms with van der Waals surface area (Å²) in [6, 6.07) is 7.26. The molecule has 1 saturated heterocycles. The van der Waals surface area contributed by atoms with Crippen molar-refractivity contribution >= 4 is 28.8 Å². The maximum Gasteiger partial charge on any atom is 0.222 e. The van der Waals surface area contributed by atoms with E-state index in [4.69, 9.17) is 16.3 Å². The van der Waals surface area contributed by atoms with Crippen molar-refractivity contribution in [2.75, 3.05) is 13.1 Å². The minimum atomic E-state index is -0.985. The average Bonchev–Trinajstić information content (AvgIpc) is 2.92. The summed E-state index contributed by atoms with van der Waals surface area (Å²) >= 11 is 7.41. The Kier molecular flexibility index (Phi) is 7.19. The van der Waals surface area contributed by atoms with Crippen LogP contribution >= 0.6 is 22.9 Å². The van der Waals surface area contributed by atoms with Gasteiger partial charge in [0.2, 0.25) is 5.91 Å². The van der Waals surface area contributed by atoms with Crippen LogP contribution in [0.1, 0.15) is 55.1 Å². The number of carbonyl (C=O) groups is 1. The topological polar surface area (TPSA) is 62.7 Å². The van der Waals surface area contributed by atoms with E-state index < -0.39 is 5.60 Å². The lowest BCUT2D eigenvalue weighted by molar-refractivity contribution is -0.132. The van der Waals surface area contributed by atoms with Gasteiger partial charge in [-0.3, -0.25) is 4.79 Å². The molecule has 3 rings (SSSR count). The molecule has 2 aromatic rings. The lowest BCUT2D eigenvalue weighted by atomic mass is 9.96. The van der Waals surface area contributed by atoms with Crippen molar-refractivity contribution in [2.45, 2.75) is 58.7 Å². The van der Waals surface area contributed by atoms with Crippen LogP contribution in [0.4, 0.5) is 0 Å². The predicted molar refractivity (Wildman–Crippen MR) is 116 cm³/mol. The second-order valence-corrected chi connectivity index (χ2v) is 9.65. The number of benzene rings is 1. The van der Waals surface area contributed by atoms with E-state index in [0.29, 0.717) is 49.9 Å². The Morgan fingerprint density at radius 2 is 2.03 bits per heavy atom. The first kappa shape index (κ1) is 22.1. The van der Waals surface area contributed by atoms with Crippen LogP contribution in [0.5, 0.6) is 5.75 Å². The molecule has 0 spiro atoms. The van der Waals surface area contributed by atoms with Gasteiger partial charge in [-0.05, 0) is 49.9 Å². The van der Waals surface area contributed by atoms with E-state index in [0.717, 1.165) is 27.7 Å². The van der Waals surface area contributed by atoms with Crippen molar-refractivity contribution in [2.24, 2.45) is 5.92 Å². The summed E-state index contributed by atoms with van der Waals surface area (Å²) in [5, 5.41) is 12.7. The Labute approximate surface area is 181 Å². The lowest BCUT2D eigenvalue weighted by Gasteiger charge is -2.25. The van der Waals surface area contributed by atoms with Crippen LogP contribution in [-0.4, -0.2) is 34.0 Å². The highest BCUT2D eigenvalue weighted by molar-refractivity contribution is 7.11. The number of hydrogen-bond acceptors (Lipinski definition) is 5. The molecule has 1 aliphatic heterocycles. The summed E-state index contributed by atoms with van der Waals surface area (Å²) in [5.74, 6) is 1.27. The molecular weight excluding hydrogens is 408 g/mol. The average molecular weight is 437 g/mol. The summed E-state index contributed by atoms with van der Waals surface area (Å²) in [4.78, 5) is 20.0. The highest BCUT2D eigenvalue weighted by atomic mass is 35.5. The largest absolute Gasteiger partial charge is 0.488 e. The van der Waals surface area contributed by atoms with E-state index in [1.165, 1.54) is 11.3 Å². The number of nitrogens with zero attached hydrogens (tertiary/aromatic N) is 2. The van der Waals surface area contributed by atoms with Crippen molar-refractivity contribution in [1.82, 2.24) is 9.88 Å². The van der Waals surface area contributed by atoms with E-state index in [1.807, 2.05) is 24.0 Å². The number of halogens is 1. The number of hydrogen-bond donors (Lipinski definition) is 1. The number of carbonyl (C=O) groups excluding carboxylic acids is 1. The zero-order valence-corrected chi connectivity index (χ0v) is 18.9. The first-order valence-corrected chi connectivity index (χ1v) is 11.3. The fourth-order valence-corrected chi connectivity index (χ4v) is 4.75. The van der Waals surface area contributed by atoms with Gasteiger partial charge in [-0.2, -0.15) is 0 Å². The zero-order chi connectivity index (χ0) is 21.0. The van der Waals surface area contributed by atoms with Crippen LogP contribution in [0.2, 0.25) is 5.02 Å². The van der Waals surface area contributed by atoms with E-state index in [1.54, 1.807) is 12.1 Å². The molecule has 1 aromatic carbocycles. The minimum Gasteiger partial charge on any atom is -0.488 e. The molecule has 5 nitrogen and oxygen atoms in total. The summed E-state index contributed by atoms with van der Waals surface area (Å²) < 4.78 is 5.85. The fraction of sp³-hybridized carbons (Fsp3) is 0.545. The van der Waals surface area contributed by atoms with Crippen molar-refractivity contribution in [3.8, 4) is 5.75 Å². The number of amides is 1. The molecule has 1 aliphatic rings. The van der Waals surface area contributed by atoms with E-state index in [9.17, 15) is 9.90 Å². The van der Waals surface area contributed by atoms with Gasteiger partial charge >= 0.3 is 0 Å². The Balaban J connectivity index is 1.66. The molecule has 1 fully saturated rings. The van der Waals surface area contributed by atoms with Gasteiger partial charge in [0.15, 0.2) is 0 Å². The molecule has 7 heteroatoms. The summed E-state index contributed by atoms with van der Waals surface area (Å²) in [7, 11) is 0. The molecule has 1 aromatic heterocycles. The smallest absolute Gasteiger partial charge is 0.222 e. The number of aromatic nitrogens is 1. The van der Waals surface area contributed by atoms with Crippen LogP contribution in [-0.2, 0) is 17.0 Å². The van der Waals surface area contributed by atoms with Crippen molar-refractivity contribution in [3.05, 3.63) is 44.9 Å². The zero-order valence-electron chi connectivity index (χ0n) is 17.3. The van der Waals surface area contributed by atoms with Gasteiger partial charge in [-0.25, -0.2) is 4.98 Å². The van der Waals surface area contributed by atoms with Gasteiger partial charge in [-0.1, -0.05) is 25.4 Å². The molecule has 1 atom stereocenters. The van der Waals surface area contributed by atoms with Gasteiger partial charge in [0, 0.05) is 31.0 Å². The quantitative estimate of drug-likeness (QED) is 0.697. The van der Waals surface area contributed by atoms with Crippen LogP contribution < -0.4 is 4.74 Å². The van der Waals surface area contributed by atoms with Crippen molar-refractivity contribution in [3.63, 3.8) is 0 Å². The maximum atomic E-state index is 12.4. The Bertz CT molecular complexity index is 837. The second-order valence-electron chi connectivity index (χ2n) is 8.13. The molecule has 0 unspecified atom stereocenters. The van der Waals surface area contributed by atoms with Crippen LogP contribution in [0, 0.1) is 12.8 Å². The first-order valence-electron chi connectivity index (χ1n) is 10.1. The van der Waals surface area contributed by atoms with Crippen molar-refractivity contribution < 1.29 is 14.6 Å². The van der Waals surface area contributed by atoms with Gasteiger partial charge < -0.3 is 14.7 Å². The Morgan fingerprint density at radius 1 is 1.31 bits per heavy atom. The number of aryl methyl sites for hydroxylation is 1. The van der Waals surface area contributed by atoms with Crippen LogP contribution in [0.3, 0.4) is 0 Å². The number of aliphatic hydroxyl groups is 1. The molecule has 0 aliphatic carbocycles. The normalized spacial score (nSPS) is 20.0. The Morgan fingerprint density at radius 3 is 2.72 bits per heavy atom. The SMILES string of the molecule is Cc1nc([C@@]2(O)CCCN(C(=O)CC(C)C)CC2)sc1COc1ccc(Cl)cc1. The lowest BCUT2D eigenvalue weighted by Crippen LogP contribution is -2.34. The monoisotopic (exact) mass is 436 g/mol. The summed E-state index contributed by atoms with van der Waals surface area (Å²) in [5.41, 5.74) is -0.106. The van der Waals surface area contributed by atoms with Gasteiger partial charge in [0.05, 0.1) is 10.6 Å². The number of likely N-dealkylation sites (tertiary alicyclic amines) is 1. The standard InChI is InChI=1S/C22H29ClN2O3S/c1-15(2)13-20(26)25-11-4-9-22(27,10-12-25)21-24-16(3)19(29-21)14-28-18-7-5-17(23)6-8-18/h5-8,15,27H,4,9-14H2,1-3H3/t22-/m1/s1. The maximum absolute atomic E-state index is 12.4. The van der Waals surface area contributed by atoms with Gasteiger partial charge in [0.25, 0.3) is 0 Å². The fourth-order valence-electron chi connectivity index (χ4n) is 3.50. The second kappa shape index (κ2) is 9.45. The van der Waals surface area contributed by atoms with Crippen LogP contribution in [0.25, 0.3) is 0 Å². The first-order chi connectivity index (χ1) is 13.8. The molecule has 0 radical (unpaired) electrons.